The minimum atomic E-state index is -4.40. The van der Waals surface area contributed by atoms with Crippen LogP contribution >= 0.6 is 0 Å². The van der Waals surface area contributed by atoms with Gasteiger partial charge in [0, 0.05) is 19.2 Å². The van der Waals surface area contributed by atoms with E-state index in [-0.39, 0.29) is 24.5 Å². The third kappa shape index (κ3) is 5.53. The number of nitrogens with one attached hydrogen (secondary N) is 1. The molecule has 0 atom stereocenters. The van der Waals surface area contributed by atoms with Crippen LogP contribution in [0, 0.1) is 10.1 Å². The van der Waals surface area contributed by atoms with E-state index >= 15 is 0 Å². The van der Waals surface area contributed by atoms with Gasteiger partial charge in [-0.2, -0.15) is 13.2 Å². The molecule has 0 bridgehead atoms. The van der Waals surface area contributed by atoms with Crippen LogP contribution < -0.4 is 11.3 Å². The molecule has 7 nitrogen and oxygen atoms in total. The smallest absolute Gasteiger partial charge is 0.395 e. The highest BCUT2D eigenvalue weighted by Crippen LogP contribution is 2.25. The van der Waals surface area contributed by atoms with Gasteiger partial charge in [0.05, 0.1) is 18.1 Å². The van der Waals surface area contributed by atoms with Crippen molar-refractivity contribution in [1.82, 2.24) is 4.90 Å². The lowest BCUT2D eigenvalue weighted by molar-refractivity contribution is -0.384. The molecule has 10 heteroatoms. The lowest BCUT2D eigenvalue weighted by Gasteiger charge is -2.22. The third-order valence-electron chi connectivity index (χ3n) is 2.64. The maximum Gasteiger partial charge on any atom is 0.401 e. The van der Waals surface area contributed by atoms with Crippen molar-refractivity contribution in [3.8, 4) is 0 Å². The number of rotatable bonds is 7. The summed E-state index contributed by atoms with van der Waals surface area (Å²) in [4.78, 5) is 11.1. The lowest BCUT2D eigenvalue weighted by atomic mass is 10.1. The number of alkyl halides is 3. The fraction of sp³-hybridized carbons (Fsp3) is 0.455. The van der Waals surface area contributed by atoms with E-state index in [2.05, 4.69) is 5.43 Å². The van der Waals surface area contributed by atoms with Gasteiger partial charge < -0.3 is 10.5 Å². The molecule has 0 fully saturated rings. The normalized spacial score (nSPS) is 11.7. The predicted octanol–water partition coefficient (Wildman–Crippen LogP) is 1.24. The molecule has 4 N–H and O–H groups in total. The van der Waals surface area contributed by atoms with E-state index in [1.807, 2.05) is 0 Å². The largest absolute Gasteiger partial charge is 0.401 e. The molecule has 0 spiro atoms. The number of nitrogens with two attached hydrogens (primary N) is 1. The number of nitro groups is 1. The zero-order valence-electron chi connectivity index (χ0n) is 10.9. The molecule has 0 saturated heterocycles. The van der Waals surface area contributed by atoms with Crippen LogP contribution in [0.15, 0.2) is 18.2 Å². The van der Waals surface area contributed by atoms with Gasteiger partial charge in [0.2, 0.25) is 0 Å². The van der Waals surface area contributed by atoms with Crippen LogP contribution in [0.1, 0.15) is 5.56 Å². The Bertz CT molecular complexity index is 496. The van der Waals surface area contributed by atoms with Crippen molar-refractivity contribution >= 4 is 11.4 Å². The SMILES string of the molecule is NNc1cc(CN(CCO)CC(F)(F)F)ccc1[N+](=O)[O-]. The van der Waals surface area contributed by atoms with Gasteiger partial charge in [0.25, 0.3) is 5.69 Å². The summed E-state index contributed by atoms with van der Waals surface area (Å²) in [6.07, 6.45) is -4.40. The number of aliphatic hydroxyl groups excluding tert-OH is 1. The molecule has 0 aliphatic rings. The highest BCUT2D eigenvalue weighted by atomic mass is 19.4. The number of benzene rings is 1. The van der Waals surface area contributed by atoms with Gasteiger partial charge in [-0.05, 0) is 11.6 Å². The van der Waals surface area contributed by atoms with Crippen molar-refractivity contribution in [1.29, 1.82) is 0 Å². The molecule has 0 heterocycles. The van der Waals surface area contributed by atoms with Crippen LogP contribution in [0.4, 0.5) is 24.5 Å². The first-order valence-corrected chi connectivity index (χ1v) is 5.90. The first-order chi connectivity index (χ1) is 9.76. The quantitative estimate of drug-likeness (QED) is 0.398. The Balaban J connectivity index is 2.91. The summed E-state index contributed by atoms with van der Waals surface area (Å²) in [5.41, 5.74) is 2.28. The van der Waals surface area contributed by atoms with Gasteiger partial charge in [-0.25, -0.2) is 0 Å². The van der Waals surface area contributed by atoms with E-state index in [9.17, 15) is 23.3 Å². The van der Waals surface area contributed by atoms with Crippen molar-refractivity contribution in [3.05, 3.63) is 33.9 Å². The predicted molar refractivity (Wildman–Crippen MR) is 69.3 cm³/mol. The Kier molecular flexibility index (Phi) is 5.88. The molecule has 118 valence electrons. The lowest BCUT2D eigenvalue weighted by Crippen LogP contribution is -2.35. The molecule has 0 unspecified atom stereocenters. The summed E-state index contributed by atoms with van der Waals surface area (Å²) < 4.78 is 37.2. The van der Waals surface area contributed by atoms with E-state index in [0.29, 0.717) is 5.56 Å². The molecule has 0 aliphatic heterocycles. The Labute approximate surface area is 118 Å². The maximum absolute atomic E-state index is 12.4. The number of hydrazine groups is 1. The van der Waals surface area contributed by atoms with Crippen molar-refractivity contribution < 1.29 is 23.2 Å². The zero-order valence-corrected chi connectivity index (χ0v) is 10.9. The molecular formula is C11H15F3N4O3. The second kappa shape index (κ2) is 7.20. The molecular weight excluding hydrogens is 293 g/mol. The monoisotopic (exact) mass is 308 g/mol. The molecule has 0 saturated carbocycles. The second-order valence-corrected chi connectivity index (χ2v) is 4.30. The van der Waals surface area contributed by atoms with Gasteiger partial charge >= 0.3 is 6.18 Å². The summed E-state index contributed by atoms with van der Waals surface area (Å²) in [5, 5.41) is 19.5. The number of nitro benzene ring substituents is 1. The van der Waals surface area contributed by atoms with E-state index in [4.69, 9.17) is 10.9 Å². The summed E-state index contributed by atoms with van der Waals surface area (Å²) in [6.45, 7) is -1.89. The van der Waals surface area contributed by atoms with Crippen molar-refractivity contribution in [2.24, 2.45) is 5.84 Å². The standard InChI is InChI=1S/C11H15F3N4O3/c12-11(13,14)7-17(3-4-19)6-8-1-2-10(18(20)21)9(5-8)16-15/h1-2,5,16,19H,3-4,6-7,15H2. The summed E-state index contributed by atoms with van der Waals surface area (Å²) in [5.74, 6) is 5.16. The van der Waals surface area contributed by atoms with Crippen LogP contribution in [0.3, 0.4) is 0 Å². The van der Waals surface area contributed by atoms with Crippen LogP contribution in [-0.2, 0) is 6.54 Å². The van der Waals surface area contributed by atoms with Crippen molar-refractivity contribution in [2.45, 2.75) is 12.7 Å². The number of nitrogens with zero attached hydrogens (tertiary/aromatic N) is 2. The van der Waals surface area contributed by atoms with E-state index < -0.39 is 24.3 Å². The summed E-state index contributed by atoms with van der Waals surface area (Å²) in [7, 11) is 0. The van der Waals surface area contributed by atoms with Crippen LogP contribution in [0.25, 0.3) is 0 Å². The number of nitrogen functional groups attached to an aromatic ring is 1. The van der Waals surface area contributed by atoms with Crippen LogP contribution in [0.5, 0.6) is 0 Å². The Morgan fingerprint density at radius 2 is 2.10 bits per heavy atom. The molecule has 1 aromatic carbocycles. The van der Waals surface area contributed by atoms with Gasteiger partial charge in [-0.3, -0.25) is 20.9 Å². The van der Waals surface area contributed by atoms with E-state index in [0.717, 1.165) is 11.0 Å². The number of halogens is 3. The van der Waals surface area contributed by atoms with Crippen LogP contribution in [-0.4, -0.2) is 40.8 Å². The van der Waals surface area contributed by atoms with E-state index in [1.54, 1.807) is 0 Å². The molecule has 1 aromatic rings. The van der Waals surface area contributed by atoms with Gasteiger partial charge in [-0.1, -0.05) is 6.07 Å². The number of hydrogen-bond donors (Lipinski definition) is 3. The Hall–Kier alpha value is -1.91. The fourth-order valence-corrected chi connectivity index (χ4v) is 1.82. The topological polar surface area (TPSA) is 105 Å². The first-order valence-electron chi connectivity index (χ1n) is 5.90. The molecule has 1 rings (SSSR count). The Morgan fingerprint density at radius 1 is 1.43 bits per heavy atom. The highest BCUT2D eigenvalue weighted by Gasteiger charge is 2.30. The zero-order chi connectivity index (χ0) is 16.0. The molecule has 0 aromatic heterocycles. The third-order valence-corrected chi connectivity index (χ3v) is 2.64. The molecule has 0 amide bonds. The first kappa shape index (κ1) is 17.1. The minimum absolute atomic E-state index is 0.00783. The van der Waals surface area contributed by atoms with Gasteiger partial charge in [-0.15, -0.1) is 0 Å². The molecule has 0 radical (unpaired) electrons. The number of aliphatic hydroxyl groups is 1. The average Bonchev–Trinajstić information content (AvgIpc) is 2.36. The molecule has 0 aliphatic carbocycles. The minimum Gasteiger partial charge on any atom is -0.395 e. The van der Waals surface area contributed by atoms with E-state index in [1.165, 1.54) is 12.1 Å². The van der Waals surface area contributed by atoms with Gasteiger partial charge in [0.1, 0.15) is 5.69 Å². The maximum atomic E-state index is 12.4. The fourth-order valence-electron chi connectivity index (χ4n) is 1.82. The summed E-state index contributed by atoms with van der Waals surface area (Å²) in [6, 6.07) is 3.81. The summed E-state index contributed by atoms with van der Waals surface area (Å²) >= 11 is 0. The van der Waals surface area contributed by atoms with Crippen LogP contribution in [0.2, 0.25) is 0 Å². The van der Waals surface area contributed by atoms with Crippen molar-refractivity contribution in [3.63, 3.8) is 0 Å². The van der Waals surface area contributed by atoms with Gasteiger partial charge in [0.15, 0.2) is 0 Å². The number of anilines is 1. The highest BCUT2D eigenvalue weighted by molar-refractivity contribution is 5.62. The average molecular weight is 308 g/mol. The number of hydrogen-bond acceptors (Lipinski definition) is 6. The second-order valence-electron chi connectivity index (χ2n) is 4.30. The van der Waals surface area contributed by atoms with Crippen molar-refractivity contribution in [2.75, 3.05) is 25.1 Å². The molecule has 21 heavy (non-hydrogen) atoms. The Morgan fingerprint density at radius 3 is 2.57 bits per heavy atom.